The minimum Gasteiger partial charge on any atom is -0.481 e. The fraction of sp³-hybridized carbons (Fsp3) is 0.500. The van der Waals surface area contributed by atoms with Gasteiger partial charge in [0.2, 0.25) is 0 Å². The van der Waals surface area contributed by atoms with Gasteiger partial charge in [-0.15, -0.1) is 0 Å². The molecule has 1 aromatic rings. The third kappa shape index (κ3) is 4.21. The molecule has 0 spiro atoms. The van der Waals surface area contributed by atoms with E-state index in [4.69, 9.17) is 5.11 Å². The summed E-state index contributed by atoms with van der Waals surface area (Å²) >= 11 is 0. The highest BCUT2D eigenvalue weighted by molar-refractivity contribution is 5.74. The second-order valence-corrected chi connectivity index (χ2v) is 5.46. The van der Waals surface area contributed by atoms with Crippen LogP contribution in [0.2, 0.25) is 0 Å². The number of nitrogens with zero attached hydrogens (tertiary/aromatic N) is 2. The van der Waals surface area contributed by atoms with Crippen LogP contribution >= 0.6 is 0 Å². The Hall–Kier alpha value is -2.04. The Kier molecular flexibility index (Phi) is 5.20. The Bertz CT molecular complexity index is 489. The Labute approximate surface area is 125 Å². The monoisotopic (exact) mass is 290 g/mol. The average molecular weight is 290 g/mol. The maximum atomic E-state index is 12.4. The van der Waals surface area contributed by atoms with Gasteiger partial charge in [0.25, 0.3) is 0 Å². The zero-order chi connectivity index (χ0) is 15.2. The number of benzene rings is 1. The average Bonchev–Trinajstić information content (AvgIpc) is 2.68. The van der Waals surface area contributed by atoms with Gasteiger partial charge in [-0.05, 0) is 30.4 Å². The maximum absolute atomic E-state index is 12.4. The van der Waals surface area contributed by atoms with Gasteiger partial charge < -0.3 is 14.9 Å². The van der Waals surface area contributed by atoms with E-state index in [9.17, 15) is 9.59 Å². The van der Waals surface area contributed by atoms with Gasteiger partial charge in [0.15, 0.2) is 0 Å². The first-order valence-corrected chi connectivity index (χ1v) is 7.36. The molecule has 0 saturated carbocycles. The van der Waals surface area contributed by atoms with Crippen molar-refractivity contribution in [3.05, 3.63) is 35.4 Å². The molecule has 1 heterocycles. The van der Waals surface area contributed by atoms with Crippen molar-refractivity contribution in [1.82, 2.24) is 9.80 Å². The summed E-state index contributed by atoms with van der Waals surface area (Å²) in [5, 5.41) is 8.64. The fourth-order valence-corrected chi connectivity index (χ4v) is 2.66. The van der Waals surface area contributed by atoms with Crippen LogP contribution in [0, 0.1) is 0 Å². The SMILES string of the molecule is CN(CCCC(=O)O)C(=O)N1CCc2ccccc2CC1. The third-order valence-electron chi connectivity index (χ3n) is 3.90. The third-order valence-corrected chi connectivity index (χ3v) is 3.90. The first-order valence-electron chi connectivity index (χ1n) is 7.36. The summed E-state index contributed by atoms with van der Waals surface area (Å²) in [6, 6.07) is 8.32. The molecule has 0 aliphatic carbocycles. The Balaban J connectivity index is 1.88. The van der Waals surface area contributed by atoms with Gasteiger partial charge in [0, 0.05) is 33.1 Å². The molecular weight excluding hydrogens is 268 g/mol. The summed E-state index contributed by atoms with van der Waals surface area (Å²) in [6.07, 6.45) is 2.35. The largest absolute Gasteiger partial charge is 0.481 e. The number of carbonyl (C=O) groups excluding carboxylic acids is 1. The molecule has 1 N–H and O–H groups in total. The van der Waals surface area contributed by atoms with Crippen molar-refractivity contribution in [3.63, 3.8) is 0 Å². The van der Waals surface area contributed by atoms with E-state index in [2.05, 4.69) is 12.1 Å². The van der Waals surface area contributed by atoms with Crippen LogP contribution in [-0.4, -0.2) is 53.6 Å². The molecule has 5 nitrogen and oxygen atoms in total. The summed E-state index contributed by atoms with van der Waals surface area (Å²) < 4.78 is 0. The van der Waals surface area contributed by atoms with Crippen LogP contribution in [0.25, 0.3) is 0 Å². The zero-order valence-corrected chi connectivity index (χ0v) is 12.4. The number of fused-ring (bicyclic) bond motifs is 1. The van der Waals surface area contributed by atoms with Crippen molar-refractivity contribution in [2.75, 3.05) is 26.7 Å². The zero-order valence-electron chi connectivity index (χ0n) is 12.4. The first-order chi connectivity index (χ1) is 10.1. The van der Waals surface area contributed by atoms with Crippen molar-refractivity contribution in [2.24, 2.45) is 0 Å². The number of rotatable bonds is 4. The van der Waals surface area contributed by atoms with Crippen molar-refractivity contribution in [2.45, 2.75) is 25.7 Å². The highest BCUT2D eigenvalue weighted by Crippen LogP contribution is 2.16. The highest BCUT2D eigenvalue weighted by atomic mass is 16.4. The van der Waals surface area contributed by atoms with Crippen LogP contribution in [0.15, 0.2) is 24.3 Å². The van der Waals surface area contributed by atoms with Crippen LogP contribution in [0.4, 0.5) is 4.79 Å². The molecule has 0 radical (unpaired) electrons. The minimum absolute atomic E-state index is 0.00630. The van der Waals surface area contributed by atoms with Gasteiger partial charge in [-0.3, -0.25) is 4.79 Å². The molecule has 1 aliphatic rings. The molecule has 0 aromatic heterocycles. The lowest BCUT2D eigenvalue weighted by atomic mass is 10.0. The van der Waals surface area contributed by atoms with E-state index in [1.165, 1.54) is 11.1 Å². The second-order valence-electron chi connectivity index (χ2n) is 5.46. The predicted molar refractivity (Wildman–Crippen MR) is 80.3 cm³/mol. The summed E-state index contributed by atoms with van der Waals surface area (Å²) in [7, 11) is 1.74. The van der Waals surface area contributed by atoms with E-state index >= 15 is 0 Å². The van der Waals surface area contributed by atoms with Gasteiger partial charge in [0.05, 0.1) is 0 Å². The maximum Gasteiger partial charge on any atom is 0.319 e. The van der Waals surface area contributed by atoms with Crippen molar-refractivity contribution in [3.8, 4) is 0 Å². The molecule has 2 rings (SSSR count). The molecule has 0 fully saturated rings. The molecule has 0 bridgehead atoms. The molecule has 1 aliphatic heterocycles. The first kappa shape index (κ1) is 15.4. The molecule has 0 saturated heterocycles. The number of hydrogen-bond donors (Lipinski definition) is 1. The van der Waals surface area contributed by atoms with E-state index in [0.717, 1.165) is 25.9 Å². The molecule has 114 valence electrons. The Morgan fingerprint density at radius 2 is 1.76 bits per heavy atom. The lowest BCUT2D eigenvalue weighted by molar-refractivity contribution is -0.137. The summed E-state index contributed by atoms with van der Waals surface area (Å²) in [5.41, 5.74) is 2.64. The van der Waals surface area contributed by atoms with Gasteiger partial charge in [-0.25, -0.2) is 4.79 Å². The van der Waals surface area contributed by atoms with E-state index in [-0.39, 0.29) is 12.5 Å². The summed E-state index contributed by atoms with van der Waals surface area (Å²) in [4.78, 5) is 26.4. The van der Waals surface area contributed by atoms with Crippen molar-refractivity contribution >= 4 is 12.0 Å². The van der Waals surface area contributed by atoms with E-state index in [1.807, 2.05) is 17.0 Å². The van der Waals surface area contributed by atoms with Crippen molar-refractivity contribution < 1.29 is 14.7 Å². The number of carboxylic acids is 1. The normalized spacial score (nSPS) is 14.2. The Morgan fingerprint density at radius 3 is 2.29 bits per heavy atom. The molecule has 2 amide bonds. The van der Waals surface area contributed by atoms with Crippen LogP contribution < -0.4 is 0 Å². The molecule has 5 heteroatoms. The Morgan fingerprint density at radius 1 is 1.19 bits per heavy atom. The number of hydrogen-bond acceptors (Lipinski definition) is 2. The number of amides is 2. The molecule has 0 unspecified atom stereocenters. The van der Waals surface area contributed by atoms with Crippen LogP contribution in [-0.2, 0) is 17.6 Å². The minimum atomic E-state index is -0.818. The standard InChI is InChI=1S/C16H22N2O3/c1-17(10-4-7-15(19)20)16(21)18-11-8-13-5-2-3-6-14(13)9-12-18/h2-3,5-6H,4,7-12H2,1H3,(H,19,20). The predicted octanol–water partition coefficient (Wildman–Crippen LogP) is 2.00. The number of urea groups is 1. The van der Waals surface area contributed by atoms with Crippen LogP contribution in [0.1, 0.15) is 24.0 Å². The van der Waals surface area contributed by atoms with E-state index in [0.29, 0.717) is 13.0 Å². The molecule has 21 heavy (non-hydrogen) atoms. The van der Waals surface area contributed by atoms with E-state index in [1.54, 1.807) is 11.9 Å². The summed E-state index contributed by atoms with van der Waals surface area (Å²) in [5.74, 6) is -0.818. The number of carbonyl (C=O) groups is 2. The molecular formula is C16H22N2O3. The molecule has 0 atom stereocenters. The van der Waals surface area contributed by atoms with Crippen LogP contribution in [0.5, 0.6) is 0 Å². The summed E-state index contributed by atoms with van der Waals surface area (Å²) in [6.45, 7) is 1.92. The lowest BCUT2D eigenvalue weighted by Gasteiger charge is -2.27. The second kappa shape index (κ2) is 7.11. The van der Waals surface area contributed by atoms with Gasteiger partial charge in [-0.1, -0.05) is 24.3 Å². The quantitative estimate of drug-likeness (QED) is 0.922. The topological polar surface area (TPSA) is 60.9 Å². The number of carboxylic acid groups (broad SMARTS) is 1. The van der Waals surface area contributed by atoms with Gasteiger partial charge in [-0.2, -0.15) is 0 Å². The smallest absolute Gasteiger partial charge is 0.319 e. The number of aliphatic carboxylic acids is 1. The van der Waals surface area contributed by atoms with Crippen LogP contribution in [0.3, 0.4) is 0 Å². The van der Waals surface area contributed by atoms with Gasteiger partial charge >= 0.3 is 12.0 Å². The van der Waals surface area contributed by atoms with E-state index < -0.39 is 5.97 Å². The van der Waals surface area contributed by atoms with Crippen molar-refractivity contribution in [1.29, 1.82) is 0 Å². The van der Waals surface area contributed by atoms with Gasteiger partial charge in [0.1, 0.15) is 0 Å². The lowest BCUT2D eigenvalue weighted by Crippen LogP contribution is -2.42. The fourth-order valence-electron chi connectivity index (χ4n) is 2.66. The highest BCUT2D eigenvalue weighted by Gasteiger charge is 2.20. The molecule has 1 aromatic carbocycles.